The van der Waals surface area contributed by atoms with Gasteiger partial charge in [0.05, 0.1) is 10.6 Å². The van der Waals surface area contributed by atoms with Gasteiger partial charge in [0.2, 0.25) is 11.8 Å². The third kappa shape index (κ3) is 7.97. The molecule has 1 atom stereocenters. The largest absolute Gasteiger partial charge is 0.354 e. The molecule has 3 aromatic carbocycles. The van der Waals surface area contributed by atoms with Crippen molar-refractivity contribution in [3.63, 3.8) is 0 Å². The Morgan fingerprint density at radius 2 is 1.51 bits per heavy atom. The van der Waals surface area contributed by atoms with Gasteiger partial charge in [0.1, 0.15) is 12.6 Å². The van der Waals surface area contributed by atoms with E-state index in [1.165, 1.54) is 4.90 Å². The molecule has 3 aromatic rings. The van der Waals surface area contributed by atoms with Crippen LogP contribution in [0.2, 0.25) is 0 Å². The van der Waals surface area contributed by atoms with Crippen molar-refractivity contribution in [3.8, 4) is 0 Å². The molecule has 0 unspecified atom stereocenters. The smallest absolute Gasteiger partial charge is 0.264 e. The summed E-state index contributed by atoms with van der Waals surface area (Å²) in [5.41, 5.74) is 4.27. The number of hydrogen-bond donors (Lipinski definition) is 1. The molecule has 0 fully saturated rings. The number of benzene rings is 3. The van der Waals surface area contributed by atoms with Gasteiger partial charge in [-0.3, -0.25) is 13.9 Å². The van der Waals surface area contributed by atoms with Crippen LogP contribution >= 0.6 is 0 Å². The van der Waals surface area contributed by atoms with Crippen molar-refractivity contribution in [1.82, 2.24) is 10.2 Å². The van der Waals surface area contributed by atoms with Gasteiger partial charge in [0.15, 0.2) is 0 Å². The van der Waals surface area contributed by atoms with E-state index < -0.39 is 28.5 Å². The highest BCUT2D eigenvalue weighted by molar-refractivity contribution is 7.92. The molecular weight excluding hydrogens is 534 g/mol. The standard InChI is InChI=1S/C33H43N3O4S/c1-7-21-34-33(38)31(8-2)35(22-28-12-10-9-11-26(28)6)32(37)23-36(29-17-15-27(16-18-29)24(3)4)41(39,40)30-19-13-25(5)14-20-30/h9-20,24,31H,7-8,21-23H2,1-6H3,(H,34,38)/t31-/m0/s1. The second-order valence-corrected chi connectivity index (χ2v) is 12.6. The third-order valence-corrected chi connectivity index (χ3v) is 9.06. The average Bonchev–Trinajstić information content (AvgIpc) is 2.95. The van der Waals surface area contributed by atoms with Gasteiger partial charge in [0, 0.05) is 13.1 Å². The van der Waals surface area contributed by atoms with Gasteiger partial charge in [0.25, 0.3) is 10.0 Å². The fraction of sp³-hybridized carbons (Fsp3) is 0.394. The van der Waals surface area contributed by atoms with Gasteiger partial charge < -0.3 is 10.2 Å². The molecule has 0 bridgehead atoms. The van der Waals surface area contributed by atoms with Crippen LogP contribution in [0.15, 0.2) is 77.7 Å². The number of hydrogen-bond acceptors (Lipinski definition) is 4. The van der Waals surface area contributed by atoms with E-state index in [-0.39, 0.29) is 23.3 Å². The molecule has 2 amide bonds. The highest BCUT2D eigenvalue weighted by Gasteiger charge is 2.33. The van der Waals surface area contributed by atoms with Crippen LogP contribution < -0.4 is 9.62 Å². The Bertz CT molecular complexity index is 1420. The molecule has 0 aliphatic rings. The maximum absolute atomic E-state index is 14.2. The molecule has 0 saturated carbocycles. The van der Waals surface area contributed by atoms with Gasteiger partial charge in [-0.2, -0.15) is 0 Å². The van der Waals surface area contributed by atoms with E-state index in [1.807, 2.05) is 64.1 Å². The van der Waals surface area contributed by atoms with Crippen LogP contribution in [0.5, 0.6) is 0 Å². The Kier molecular flexibility index (Phi) is 11.1. The van der Waals surface area contributed by atoms with E-state index in [0.29, 0.717) is 18.7 Å². The van der Waals surface area contributed by atoms with Crippen LogP contribution in [0.25, 0.3) is 0 Å². The topological polar surface area (TPSA) is 86.8 Å². The lowest BCUT2D eigenvalue weighted by atomic mass is 10.0. The highest BCUT2D eigenvalue weighted by atomic mass is 32.2. The number of anilines is 1. The molecule has 0 aromatic heterocycles. The summed E-state index contributed by atoms with van der Waals surface area (Å²) >= 11 is 0. The number of nitrogens with zero attached hydrogens (tertiary/aromatic N) is 2. The summed E-state index contributed by atoms with van der Waals surface area (Å²) < 4.78 is 29.2. The lowest BCUT2D eigenvalue weighted by molar-refractivity contribution is -0.140. The predicted octanol–water partition coefficient (Wildman–Crippen LogP) is 5.96. The molecule has 0 aliphatic carbocycles. The average molecular weight is 578 g/mol. The fourth-order valence-corrected chi connectivity index (χ4v) is 6.06. The maximum atomic E-state index is 14.2. The Labute approximate surface area is 245 Å². The zero-order valence-corrected chi connectivity index (χ0v) is 25.9. The van der Waals surface area contributed by atoms with Crippen molar-refractivity contribution in [3.05, 3.63) is 95.1 Å². The molecule has 0 saturated heterocycles. The van der Waals surface area contributed by atoms with Crippen LogP contribution in [0.1, 0.15) is 68.7 Å². The lowest BCUT2D eigenvalue weighted by Crippen LogP contribution is -2.52. The van der Waals surface area contributed by atoms with E-state index in [4.69, 9.17) is 0 Å². The number of nitrogens with one attached hydrogen (secondary N) is 1. The minimum atomic E-state index is -4.10. The summed E-state index contributed by atoms with van der Waals surface area (Å²) in [6.45, 7) is 12.1. The molecule has 220 valence electrons. The number of amides is 2. The van der Waals surface area contributed by atoms with E-state index >= 15 is 0 Å². The second-order valence-electron chi connectivity index (χ2n) is 10.7. The summed E-state index contributed by atoms with van der Waals surface area (Å²) in [5, 5.41) is 2.92. The van der Waals surface area contributed by atoms with Crippen molar-refractivity contribution in [1.29, 1.82) is 0 Å². The minimum Gasteiger partial charge on any atom is -0.354 e. The molecule has 0 radical (unpaired) electrons. The molecular formula is C33H43N3O4S. The van der Waals surface area contributed by atoms with Crippen LogP contribution in [0, 0.1) is 13.8 Å². The fourth-order valence-electron chi connectivity index (χ4n) is 4.65. The van der Waals surface area contributed by atoms with Crippen molar-refractivity contribution in [2.24, 2.45) is 0 Å². The van der Waals surface area contributed by atoms with E-state index in [9.17, 15) is 18.0 Å². The van der Waals surface area contributed by atoms with Gasteiger partial charge in [-0.15, -0.1) is 0 Å². The summed E-state index contributed by atoms with van der Waals surface area (Å²) in [6, 6.07) is 20.8. The number of carbonyl (C=O) groups excluding carboxylic acids is 2. The molecule has 3 rings (SSSR count). The highest BCUT2D eigenvalue weighted by Crippen LogP contribution is 2.27. The second kappa shape index (κ2) is 14.3. The Hall–Kier alpha value is -3.65. The van der Waals surface area contributed by atoms with Crippen LogP contribution in [0.4, 0.5) is 5.69 Å². The summed E-state index contributed by atoms with van der Waals surface area (Å²) in [6.07, 6.45) is 1.16. The SMILES string of the molecule is CCCNC(=O)[C@H](CC)N(Cc1ccccc1C)C(=O)CN(c1ccc(C(C)C)cc1)S(=O)(=O)c1ccc(C)cc1. The summed E-state index contributed by atoms with van der Waals surface area (Å²) in [4.78, 5) is 29.0. The molecule has 1 N–H and O–H groups in total. The van der Waals surface area contributed by atoms with Crippen LogP contribution in [-0.4, -0.2) is 44.3 Å². The number of sulfonamides is 1. The third-order valence-electron chi connectivity index (χ3n) is 7.27. The maximum Gasteiger partial charge on any atom is 0.264 e. The normalized spacial score (nSPS) is 12.2. The van der Waals surface area contributed by atoms with Crippen molar-refractivity contribution in [2.75, 3.05) is 17.4 Å². The molecule has 41 heavy (non-hydrogen) atoms. The van der Waals surface area contributed by atoms with Gasteiger partial charge >= 0.3 is 0 Å². The van der Waals surface area contributed by atoms with Gasteiger partial charge in [-0.25, -0.2) is 8.42 Å². The zero-order chi connectivity index (χ0) is 30.2. The predicted molar refractivity (Wildman–Crippen MR) is 165 cm³/mol. The molecule has 0 aliphatic heterocycles. The Morgan fingerprint density at radius 3 is 2.07 bits per heavy atom. The molecule has 8 heteroatoms. The van der Waals surface area contributed by atoms with Crippen LogP contribution in [0.3, 0.4) is 0 Å². The molecule has 7 nitrogen and oxygen atoms in total. The molecule has 0 spiro atoms. The van der Waals surface area contributed by atoms with E-state index in [2.05, 4.69) is 19.2 Å². The Balaban J connectivity index is 2.07. The van der Waals surface area contributed by atoms with E-state index in [0.717, 1.165) is 33.0 Å². The first-order chi connectivity index (χ1) is 19.5. The monoisotopic (exact) mass is 577 g/mol. The number of rotatable bonds is 13. The first kappa shape index (κ1) is 31.9. The lowest BCUT2D eigenvalue weighted by Gasteiger charge is -2.33. The number of carbonyl (C=O) groups is 2. The van der Waals surface area contributed by atoms with Gasteiger partial charge in [-0.05, 0) is 73.6 Å². The molecule has 0 heterocycles. The van der Waals surface area contributed by atoms with Crippen molar-refractivity contribution in [2.45, 2.75) is 77.8 Å². The first-order valence-electron chi connectivity index (χ1n) is 14.3. The number of aryl methyl sites for hydroxylation is 2. The quantitative estimate of drug-likeness (QED) is 0.272. The first-order valence-corrected chi connectivity index (χ1v) is 15.7. The Morgan fingerprint density at radius 1 is 0.878 bits per heavy atom. The summed E-state index contributed by atoms with van der Waals surface area (Å²) in [5.74, 6) is -0.426. The summed E-state index contributed by atoms with van der Waals surface area (Å²) in [7, 11) is -4.10. The van der Waals surface area contributed by atoms with Crippen molar-refractivity contribution < 1.29 is 18.0 Å². The van der Waals surface area contributed by atoms with Gasteiger partial charge in [-0.1, -0.05) is 81.8 Å². The van der Waals surface area contributed by atoms with Crippen LogP contribution in [-0.2, 0) is 26.2 Å². The minimum absolute atomic E-state index is 0.0991. The zero-order valence-electron chi connectivity index (χ0n) is 25.1. The van der Waals surface area contributed by atoms with Crippen molar-refractivity contribution >= 4 is 27.5 Å². The van der Waals surface area contributed by atoms with E-state index in [1.54, 1.807) is 36.4 Å².